The van der Waals surface area contributed by atoms with Gasteiger partial charge in [-0.2, -0.15) is 0 Å². The number of hydrogen-bond donors (Lipinski definition) is 1. The van der Waals surface area contributed by atoms with Gasteiger partial charge in [0, 0.05) is 49.6 Å². The van der Waals surface area contributed by atoms with Gasteiger partial charge in [0.25, 0.3) is 0 Å². The lowest BCUT2D eigenvalue weighted by Gasteiger charge is -2.26. The summed E-state index contributed by atoms with van der Waals surface area (Å²) in [5, 5.41) is 11.8. The maximum atomic E-state index is 12.5. The van der Waals surface area contributed by atoms with Crippen LogP contribution < -0.4 is 5.32 Å². The Hall–Kier alpha value is -3.06. The SMILES string of the molecule is Cc1ccc(NC(=O)CCc2nnc(-c3cccnc3)n2CCN2CCCCC2)cc1. The molecule has 7 nitrogen and oxygen atoms in total. The molecule has 3 heterocycles. The Labute approximate surface area is 183 Å². The molecular formula is C24H30N6O. The number of nitrogens with one attached hydrogen (secondary N) is 1. The van der Waals surface area contributed by atoms with E-state index in [1.54, 1.807) is 6.20 Å². The van der Waals surface area contributed by atoms with Gasteiger partial charge in [0.15, 0.2) is 5.82 Å². The molecular weight excluding hydrogens is 388 g/mol. The van der Waals surface area contributed by atoms with E-state index >= 15 is 0 Å². The summed E-state index contributed by atoms with van der Waals surface area (Å²) in [5.74, 6) is 1.64. The highest BCUT2D eigenvalue weighted by Crippen LogP contribution is 2.19. The van der Waals surface area contributed by atoms with Crippen LogP contribution in [0.3, 0.4) is 0 Å². The predicted molar refractivity (Wildman–Crippen MR) is 122 cm³/mol. The van der Waals surface area contributed by atoms with Crippen molar-refractivity contribution >= 4 is 11.6 Å². The summed E-state index contributed by atoms with van der Waals surface area (Å²) in [6.07, 6.45) is 8.34. The van der Waals surface area contributed by atoms with Crippen LogP contribution >= 0.6 is 0 Å². The van der Waals surface area contributed by atoms with Crippen molar-refractivity contribution in [2.75, 3.05) is 25.0 Å². The van der Waals surface area contributed by atoms with Gasteiger partial charge in [-0.05, 0) is 57.1 Å². The maximum absolute atomic E-state index is 12.5. The highest BCUT2D eigenvalue weighted by Gasteiger charge is 2.17. The molecule has 0 radical (unpaired) electrons. The topological polar surface area (TPSA) is 75.9 Å². The van der Waals surface area contributed by atoms with Crippen LogP contribution in [0.2, 0.25) is 0 Å². The first-order valence-corrected chi connectivity index (χ1v) is 11.1. The Kier molecular flexibility index (Phi) is 7.04. The fraction of sp³-hybridized carbons (Fsp3) is 0.417. The Balaban J connectivity index is 1.44. The molecule has 31 heavy (non-hydrogen) atoms. The van der Waals surface area contributed by atoms with Gasteiger partial charge >= 0.3 is 0 Å². The number of carbonyl (C=O) groups is 1. The number of anilines is 1. The van der Waals surface area contributed by atoms with Gasteiger partial charge in [-0.3, -0.25) is 9.78 Å². The lowest BCUT2D eigenvalue weighted by atomic mass is 10.1. The minimum Gasteiger partial charge on any atom is -0.326 e. The van der Waals surface area contributed by atoms with E-state index in [0.717, 1.165) is 49.1 Å². The first-order chi connectivity index (χ1) is 15.2. The summed E-state index contributed by atoms with van der Waals surface area (Å²) in [5.41, 5.74) is 2.94. The highest BCUT2D eigenvalue weighted by molar-refractivity contribution is 5.90. The van der Waals surface area contributed by atoms with E-state index in [0.29, 0.717) is 12.8 Å². The van der Waals surface area contributed by atoms with E-state index < -0.39 is 0 Å². The molecule has 3 aromatic rings. The first kappa shape index (κ1) is 21.2. The number of piperidine rings is 1. The normalized spacial score (nSPS) is 14.5. The molecule has 1 N–H and O–H groups in total. The van der Waals surface area contributed by atoms with E-state index in [4.69, 9.17) is 0 Å². The number of likely N-dealkylation sites (tertiary alicyclic amines) is 1. The van der Waals surface area contributed by atoms with Crippen molar-refractivity contribution in [2.45, 2.75) is 45.6 Å². The van der Waals surface area contributed by atoms with Crippen LogP contribution in [-0.4, -0.2) is 50.2 Å². The van der Waals surface area contributed by atoms with Gasteiger partial charge in [0.05, 0.1) is 0 Å². The van der Waals surface area contributed by atoms with E-state index in [1.165, 1.54) is 24.8 Å². The number of aryl methyl sites for hydroxylation is 2. The summed E-state index contributed by atoms with van der Waals surface area (Å²) >= 11 is 0. The van der Waals surface area contributed by atoms with Crippen LogP contribution in [0.15, 0.2) is 48.8 Å². The minimum absolute atomic E-state index is 0.0163. The van der Waals surface area contributed by atoms with Gasteiger partial charge in [-0.1, -0.05) is 24.1 Å². The Morgan fingerprint density at radius 2 is 1.84 bits per heavy atom. The monoisotopic (exact) mass is 418 g/mol. The molecule has 1 saturated heterocycles. The molecule has 1 aliphatic heterocycles. The third kappa shape index (κ3) is 5.76. The maximum Gasteiger partial charge on any atom is 0.224 e. The molecule has 0 aliphatic carbocycles. The standard InChI is InChI=1S/C24H30N6O/c1-19-7-9-21(10-8-19)26-23(31)12-11-22-27-28-24(20-6-5-13-25-18-20)30(22)17-16-29-14-3-2-4-15-29/h5-10,13,18H,2-4,11-12,14-17H2,1H3,(H,26,31). The average molecular weight is 419 g/mol. The van der Waals surface area contributed by atoms with Gasteiger partial charge in [-0.15, -0.1) is 10.2 Å². The number of pyridine rings is 1. The molecule has 1 amide bonds. The smallest absolute Gasteiger partial charge is 0.224 e. The summed E-state index contributed by atoms with van der Waals surface area (Å²) < 4.78 is 2.16. The zero-order valence-corrected chi connectivity index (χ0v) is 18.1. The molecule has 1 aliphatic rings. The lowest BCUT2D eigenvalue weighted by molar-refractivity contribution is -0.116. The Bertz CT molecular complexity index is 977. The Morgan fingerprint density at radius 3 is 2.58 bits per heavy atom. The number of hydrogen-bond acceptors (Lipinski definition) is 5. The second kappa shape index (κ2) is 10.3. The van der Waals surface area contributed by atoms with Gasteiger partial charge in [0.1, 0.15) is 5.82 Å². The zero-order valence-electron chi connectivity index (χ0n) is 18.1. The zero-order chi connectivity index (χ0) is 21.5. The molecule has 162 valence electrons. The van der Waals surface area contributed by atoms with Crippen LogP contribution in [-0.2, 0) is 17.8 Å². The van der Waals surface area contributed by atoms with Gasteiger partial charge < -0.3 is 14.8 Å². The van der Waals surface area contributed by atoms with E-state index in [2.05, 4.69) is 30.0 Å². The predicted octanol–water partition coefficient (Wildman–Crippen LogP) is 3.71. The lowest BCUT2D eigenvalue weighted by Crippen LogP contribution is -2.33. The summed E-state index contributed by atoms with van der Waals surface area (Å²) in [7, 11) is 0. The summed E-state index contributed by atoms with van der Waals surface area (Å²) in [4.78, 5) is 19.2. The molecule has 1 fully saturated rings. The fourth-order valence-electron chi connectivity index (χ4n) is 3.97. The molecule has 0 bridgehead atoms. The molecule has 7 heteroatoms. The number of amides is 1. The second-order valence-electron chi connectivity index (χ2n) is 8.15. The third-order valence-electron chi connectivity index (χ3n) is 5.75. The summed E-state index contributed by atoms with van der Waals surface area (Å²) in [6.45, 7) is 6.11. The van der Waals surface area contributed by atoms with Crippen LogP contribution in [0.1, 0.15) is 37.1 Å². The number of nitrogens with zero attached hydrogens (tertiary/aromatic N) is 5. The van der Waals surface area contributed by atoms with Crippen LogP contribution in [0, 0.1) is 6.92 Å². The van der Waals surface area contributed by atoms with Crippen molar-refractivity contribution in [3.05, 3.63) is 60.2 Å². The number of benzene rings is 1. The quantitative estimate of drug-likeness (QED) is 0.604. The van der Waals surface area contributed by atoms with Crippen molar-refractivity contribution in [3.8, 4) is 11.4 Å². The first-order valence-electron chi connectivity index (χ1n) is 11.1. The summed E-state index contributed by atoms with van der Waals surface area (Å²) in [6, 6.07) is 11.7. The molecule has 0 unspecified atom stereocenters. The number of rotatable bonds is 8. The van der Waals surface area contributed by atoms with E-state index in [-0.39, 0.29) is 5.91 Å². The molecule has 1 aromatic carbocycles. The highest BCUT2D eigenvalue weighted by atomic mass is 16.1. The molecule has 2 aromatic heterocycles. The molecule has 0 saturated carbocycles. The third-order valence-corrected chi connectivity index (χ3v) is 5.75. The average Bonchev–Trinajstić information content (AvgIpc) is 3.22. The van der Waals surface area contributed by atoms with Crippen molar-refractivity contribution < 1.29 is 4.79 Å². The van der Waals surface area contributed by atoms with Crippen molar-refractivity contribution in [1.29, 1.82) is 0 Å². The number of aromatic nitrogens is 4. The van der Waals surface area contributed by atoms with Crippen molar-refractivity contribution in [2.24, 2.45) is 0 Å². The molecule has 0 spiro atoms. The van der Waals surface area contributed by atoms with Gasteiger partial charge in [0.2, 0.25) is 5.91 Å². The molecule has 0 atom stereocenters. The number of carbonyl (C=O) groups excluding carboxylic acids is 1. The van der Waals surface area contributed by atoms with Crippen LogP contribution in [0.5, 0.6) is 0 Å². The fourth-order valence-corrected chi connectivity index (χ4v) is 3.97. The van der Waals surface area contributed by atoms with Crippen molar-refractivity contribution in [1.82, 2.24) is 24.6 Å². The van der Waals surface area contributed by atoms with E-state index in [1.807, 2.05) is 49.5 Å². The molecule has 4 rings (SSSR count). The largest absolute Gasteiger partial charge is 0.326 e. The second-order valence-corrected chi connectivity index (χ2v) is 8.15. The van der Waals surface area contributed by atoms with Crippen LogP contribution in [0.4, 0.5) is 5.69 Å². The van der Waals surface area contributed by atoms with E-state index in [9.17, 15) is 4.79 Å². The Morgan fingerprint density at radius 1 is 1.03 bits per heavy atom. The van der Waals surface area contributed by atoms with Crippen LogP contribution in [0.25, 0.3) is 11.4 Å². The minimum atomic E-state index is -0.0163. The van der Waals surface area contributed by atoms with Crippen molar-refractivity contribution in [3.63, 3.8) is 0 Å². The van der Waals surface area contributed by atoms with Gasteiger partial charge in [-0.25, -0.2) is 0 Å².